The topological polar surface area (TPSA) is 81.1 Å². The van der Waals surface area contributed by atoms with E-state index in [0.717, 1.165) is 23.1 Å². The Bertz CT molecular complexity index is 676. The Labute approximate surface area is 141 Å². The molecular formula is C14H17BrN6S. The molecule has 2 aromatic rings. The van der Waals surface area contributed by atoms with E-state index in [-0.39, 0.29) is 0 Å². The molecule has 0 unspecified atom stereocenters. The van der Waals surface area contributed by atoms with Gasteiger partial charge in [0, 0.05) is 15.9 Å². The van der Waals surface area contributed by atoms with Crippen molar-refractivity contribution in [3.63, 3.8) is 0 Å². The van der Waals surface area contributed by atoms with Gasteiger partial charge in [-0.05, 0) is 43.4 Å². The minimum Gasteiger partial charge on any atom is -0.334 e. The third-order valence-corrected chi connectivity index (χ3v) is 4.92. The zero-order valence-corrected chi connectivity index (χ0v) is 14.4. The smallest absolute Gasteiger partial charge is 0.264 e. The van der Waals surface area contributed by atoms with Crippen LogP contribution in [-0.2, 0) is 5.75 Å². The van der Waals surface area contributed by atoms with Crippen molar-refractivity contribution in [2.24, 2.45) is 5.10 Å². The van der Waals surface area contributed by atoms with Crippen molar-refractivity contribution in [1.29, 1.82) is 0 Å². The number of rotatable bonds is 5. The van der Waals surface area contributed by atoms with E-state index in [0.29, 0.717) is 11.1 Å². The summed E-state index contributed by atoms with van der Waals surface area (Å²) in [5, 5.41) is 13.2. The Hall–Kier alpha value is -1.54. The minimum absolute atomic E-state index is 0.469. The van der Waals surface area contributed by atoms with Gasteiger partial charge in [-0.2, -0.15) is 5.10 Å². The van der Waals surface area contributed by atoms with Crippen molar-refractivity contribution in [2.45, 2.75) is 36.6 Å². The molecule has 1 aromatic heterocycles. The summed E-state index contributed by atoms with van der Waals surface area (Å²) in [4.78, 5) is 0. The lowest BCUT2D eigenvalue weighted by atomic mass is 10.2. The van der Waals surface area contributed by atoms with E-state index in [1.54, 1.807) is 11.8 Å². The second-order valence-electron chi connectivity index (χ2n) is 5.09. The molecule has 116 valence electrons. The minimum atomic E-state index is 0.469. The van der Waals surface area contributed by atoms with Crippen LogP contribution < -0.4 is 11.3 Å². The summed E-state index contributed by atoms with van der Waals surface area (Å²) in [6.45, 7) is 0. The quantitative estimate of drug-likeness (QED) is 0.471. The molecule has 6 nitrogen and oxygen atoms in total. The van der Waals surface area contributed by atoms with Crippen LogP contribution in [0.1, 0.15) is 31.2 Å². The van der Waals surface area contributed by atoms with E-state index < -0.39 is 0 Å². The molecule has 0 bridgehead atoms. The molecule has 0 spiro atoms. The highest BCUT2D eigenvalue weighted by atomic mass is 79.9. The van der Waals surface area contributed by atoms with E-state index in [1.165, 1.54) is 28.8 Å². The predicted molar refractivity (Wildman–Crippen MR) is 93.4 cm³/mol. The number of nitrogens with one attached hydrogen (secondary N) is 1. The fourth-order valence-corrected chi connectivity index (χ4v) is 3.50. The Morgan fingerprint density at radius 1 is 1.32 bits per heavy atom. The highest BCUT2D eigenvalue weighted by molar-refractivity contribution is 9.10. The monoisotopic (exact) mass is 380 g/mol. The lowest BCUT2D eigenvalue weighted by Crippen LogP contribution is -2.13. The van der Waals surface area contributed by atoms with Gasteiger partial charge in [-0.15, -0.1) is 10.2 Å². The van der Waals surface area contributed by atoms with Gasteiger partial charge < -0.3 is 5.84 Å². The molecule has 1 heterocycles. The van der Waals surface area contributed by atoms with Crippen LogP contribution in [0.15, 0.2) is 39.0 Å². The van der Waals surface area contributed by atoms with Gasteiger partial charge in [0.25, 0.3) is 5.95 Å². The summed E-state index contributed by atoms with van der Waals surface area (Å²) in [6, 6.07) is 8.16. The molecule has 1 fully saturated rings. The van der Waals surface area contributed by atoms with Gasteiger partial charge >= 0.3 is 0 Å². The second-order valence-corrected chi connectivity index (χ2v) is 6.95. The van der Waals surface area contributed by atoms with Crippen molar-refractivity contribution < 1.29 is 0 Å². The van der Waals surface area contributed by atoms with Gasteiger partial charge in [0.1, 0.15) is 0 Å². The Morgan fingerprint density at radius 2 is 2.14 bits per heavy atom. The van der Waals surface area contributed by atoms with Crippen LogP contribution in [0.5, 0.6) is 0 Å². The van der Waals surface area contributed by atoms with Crippen molar-refractivity contribution in [3.8, 4) is 0 Å². The molecule has 3 N–H and O–H groups in total. The first kappa shape index (κ1) is 15.4. The Kier molecular flexibility index (Phi) is 4.99. The standard InChI is InChI=1S/C14H17BrN6S/c15-11-5-3-4-10(8-11)9-22-14-20-19-13(21(14)16)18-17-12-6-1-2-7-12/h3-5,8H,1-2,6-7,9,16H2,(H,18,19). The maximum atomic E-state index is 6.01. The zero-order chi connectivity index (χ0) is 15.4. The summed E-state index contributed by atoms with van der Waals surface area (Å²) in [7, 11) is 0. The van der Waals surface area contributed by atoms with Crippen molar-refractivity contribution in [3.05, 3.63) is 34.3 Å². The van der Waals surface area contributed by atoms with Gasteiger partial charge in [-0.3, -0.25) is 0 Å². The number of anilines is 1. The molecule has 1 aliphatic carbocycles. The normalized spacial score (nSPS) is 14.3. The molecule has 0 atom stereocenters. The van der Waals surface area contributed by atoms with Crippen molar-refractivity contribution in [2.75, 3.05) is 11.3 Å². The largest absolute Gasteiger partial charge is 0.334 e. The average Bonchev–Trinajstić information content (AvgIpc) is 3.14. The number of hydrogen-bond donors (Lipinski definition) is 2. The summed E-state index contributed by atoms with van der Waals surface area (Å²) in [5.74, 6) is 7.26. The number of halogens is 1. The summed E-state index contributed by atoms with van der Waals surface area (Å²) in [5.41, 5.74) is 5.28. The number of nitrogens with zero attached hydrogens (tertiary/aromatic N) is 4. The van der Waals surface area contributed by atoms with E-state index in [1.807, 2.05) is 12.1 Å². The fourth-order valence-electron chi connectivity index (χ4n) is 2.25. The maximum absolute atomic E-state index is 6.01. The van der Waals surface area contributed by atoms with Gasteiger partial charge in [0.15, 0.2) is 0 Å². The Morgan fingerprint density at radius 3 is 2.91 bits per heavy atom. The predicted octanol–water partition coefficient (Wildman–Crippen LogP) is 3.39. The number of nitrogen functional groups attached to an aromatic ring is 1. The number of hydrogen-bond acceptors (Lipinski definition) is 6. The van der Waals surface area contributed by atoms with E-state index in [9.17, 15) is 0 Å². The second kappa shape index (κ2) is 7.15. The molecule has 8 heteroatoms. The van der Waals surface area contributed by atoms with Gasteiger partial charge in [0.2, 0.25) is 5.16 Å². The molecule has 3 rings (SSSR count). The fraction of sp³-hybridized carbons (Fsp3) is 0.357. The number of thioether (sulfide) groups is 1. The number of aromatic nitrogens is 3. The van der Waals surface area contributed by atoms with E-state index in [2.05, 4.69) is 48.8 Å². The van der Waals surface area contributed by atoms with Crippen molar-refractivity contribution >= 4 is 39.4 Å². The molecule has 1 aliphatic rings. The lowest BCUT2D eigenvalue weighted by Gasteiger charge is -2.04. The van der Waals surface area contributed by atoms with Crippen LogP contribution in [0.4, 0.5) is 5.95 Å². The number of nitrogens with two attached hydrogens (primary N) is 1. The number of hydrazone groups is 1. The molecule has 0 saturated heterocycles. The summed E-state index contributed by atoms with van der Waals surface area (Å²) in [6.07, 6.45) is 4.53. The molecule has 22 heavy (non-hydrogen) atoms. The van der Waals surface area contributed by atoms with E-state index >= 15 is 0 Å². The molecule has 0 radical (unpaired) electrons. The molecular weight excluding hydrogens is 364 g/mol. The average molecular weight is 381 g/mol. The van der Waals surface area contributed by atoms with Gasteiger partial charge in [-0.25, -0.2) is 10.1 Å². The molecule has 0 aliphatic heterocycles. The number of benzene rings is 1. The van der Waals surface area contributed by atoms with Crippen molar-refractivity contribution in [1.82, 2.24) is 14.9 Å². The van der Waals surface area contributed by atoms with Crippen LogP contribution >= 0.6 is 27.7 Å². The SMILES string of the molecule is Nn1c(NN=C2CCCC2)nnc1SCc1cccc(Br)c1. The van der Waals surface area contributed by atoms with E-state index in [4.69, 9.17) is 5.84 Å². The summed E-state index contributed by atoms with van der Waals surface area (Å²) >= 11 is 5.01. The first-order chi connectivity index (χ1) is 10.7. The van der Waals surface area contributed by atoms with Crippen LogP contribution in [0.25, 0.3) is 0 Å². The third-order valence-electron chi connectivity index (χ3n) is 3.42. The first-order valence-corrected chi connectivity index (χ1v) is 8.89. The van der Waals surface area contributed by atoms with Gasteiger partial charge in [-0.1, -0.05) is 39.8 Å². The van der Waals surface area contributed by atoms with Crippen LogP contribution in [0, 0.1) is 0 Å². The molecule has 1 aromatic carbocycles. The highest BCUT2D eigenvalue weighted by Crippen LogP contribution is 2.23. The van der Waals surface area contributed by atoms with Crippen LogP contribution in [0.2, 0.25) is 0 Å². The molecule has 0 amide bonds. The van der Waals surface area contributed by atoms with Gasteiger partial charge in [0.05, 0.1) is 0 Å². The molecule has 1 saturated carbocycles. The Balaban J connectivity index is 1.61. The van der Waals surface area contributed by atoms with Crippen LogP contribution in [-0.4, -0.2) is 20.6 Å². The zero-order valence-electron chi connectivity index (χ0n) is 12.0. The maximum Gasteiger partial charge on any atom is 0.264 e. The third kappa shape index (κ3) is 3.80. The van der Waals surface area contributed by atoms with Crippen LogP contribution in [0.3, 0.4) is 0 Å². The lowest BCUT2D eigenvalue weighted by molar-refractivity contribution is 0.846. The summed E-state index contributed by atoms with van der Waals surface area (Å²) < 4.78 is 2.51. The first-order valence-electron chi connectivity index (χ1n) is 7.11. The highest BCUT2D eigenvalue weighted by Gasteiger charge is 2.12.